The van der Waals surface area contributed by atoms with E-state index in [2.05, 4.69) is 5.32 Å². The Balaban J connectivity index is 1.73. The summed E-state index contributed by atoms with van der Waals surface area (Å²) in [5.41, 5.74) is 0. The number of carboxylic acid groups (broad SMARTS) is 1. The lowest BCUT2D eigenvalue weighted by atomic mass is 9.94. The number of rotatable bonds is 3. The third-order valence-corrected chi connectivity index (χ3v) is 4.69. The summed E-state index contributed by atoms with van der Waals surface area (Å²) in [5.74, 6) is -1.72. The van der Waals surface area contributed by atoms with Crippen LogP contribution in [-0.4, -0.2) is 64.4 Å². The first-order valence-corrected chi connectivity index (χ1v) is 7.09. The molecule has 2 aliphatic heterocycles. The summed E-state index contributed by atoms with van der Waals surface area (Å²) in [6, 6.07) is -1.43. The smallest absolute Gasteiger partial charge is 0.326 e. The molecule has 3 aliphatic rings. The van der Waals surface area contributed by atoms with Crippen molar-refractivity contribution in [2.45, 2.75) is 25.3 Å². The molecule has 3 fully saturated rings. The highest BCUT2D eigenvalue weighted by molar-refractivity contribution is 6.04. The van der Waals surface area contributed by atoms with Crippen molar-refractivity contribution in [3.63, 3.8) is 0 Å². The molecule has 8 nitrogen and oxygen atoms in total. The van der Waals surface area contributed by atoms with Crippen LogP contribution in [0.15, 0.2) is 0 Å². The van der Waals surface area contributed by atoms with E-state index < -0.39 is 29.9 Å². The van der Waals surface area contributed by atoms with E-state index in [1.165, 1.54) is 4.90 Å². The predicted molar refractivity (Wildman–Crippen MR) is 69.1 cm³/mol. The number of likely N-dealkylation sites (tertiary alicyclic amines) is 1. The minimum atomic E-state index is -1.00. The summed E-state index contributed by atoms with van der Waals surface area (Å²) < 4.78 is 0. The summed E-state index contributed by atoms with van der Waals surface area (Å²) in [4.78, 5) is 48.9. The van der Waals surface area contributed by atoms with Crippen molar-refractivity contribution in [3.05, 3.63) is 0 Å². The second kappa shape index (κ2) is 5.01. The Morgan fingerprint density at radius 2 is 2.05 bits per heavy atom. The molecule has 0 aromatic heterocycles. The summed E-state index contributed by atoms with van der Waals surface area (Å²) in [7, 11) is 0. The molecular formula is C13H17N3O5. The minimum Gasteiger partial charge on any atom is -0.480 e. The van der Waals surface area contributed by atoms with Crippen molar-refractivity contribution < 1.29 is 24.3 Å². The summed E-state index contributed by atoms with van der Waals surface area (Å²) >= 11 is 0. The Morgan fingerprint density at radius 3 is 2.67 bits per heavy atom. The maximum atomic E-state index is 12.3. The average molecular weight is 295 g/mol. The number of aliphatic carboxylic acids is 1. The number of nitrogens with zero attached hydrogens (tertiary/aromatic N) is 2. The quantitative estimate of drug-likeness (QED) is 0.666. The van der Waals surface area contributed by atoms with Crippen LogP contribution in [0.3, 0.4) is 0 Å². The molecular weight excluding hydrogens is 278 g/mol. The molecule has 3 unspecified atom stereocenters. The normalized spacial score (nSPS) is 31.5. The molecule has 0 aromatic carbocycles. The lowest BCUT2D eigenvalue weighted by Gasteiger charge is -2.25. The van der Waals surface area contributed by atoms with Gasteiger partial charge in [0.15, 0.2) is 0 Å². The number of imide groups is 1. The van der Waals surface area contributed by atoms with Gasteiger partial charge in [0.1, 0.15) is 12.6 Å². The van der Waals surface area contributed by atoms with E-state index in [4.69, 9.17) is 0 Å². The number of hydrogen-bond acceptors (Lipinski definition) is 4. The lowest BCUT2D eigenvalue weighted by molar-refractivity contribution is -0.150. The molecule has 2 heterocycles. The Labute approximate surface area is 121 Å². The fourth-order valence-corrected chi connectivity index (χ4v) is 3.72. The van der Waals surface area contributed by atoms with Gasteiger partial charge in [0.05, 0.1) is 6.54 Å². The van der Waals surface area contributed by atoms with Crippen molar-refractivity contribution in [2.75, 3.05) is 19.6 Å². The maximum absolute atomic E-state index is 12.3. The van der Waals surface area contributed by atoms with Gasteiger partial charge in [-0.3, -0.25) is 14.5 Å². The van der Waals surface area contributed by atoms with E-state index in [0.717, 1.165) is 24.2 Å². The van der Waals surface area contributed by atoms with Crippen molar-refractivity contribution >= 4 is 23.8 Å². The maximum Gasteiger partial charge on any atom is 0.326 e. The fraction of sp³-hybridized carbons (Fsp3) is 0.692. The Morgan fingerprint density at radius 1 is 1.29 bits per heavy atom. The second-order valence-corrected chi connectivity index (χ2v) is 5.82. The number of carbonyl (C=O) groups excluding carboxylic acids is 3. The highest BCUT2D eigenvalue weighted by Crippen LogP contribution is 2.42. The first-order valence-electron chi connectivity index (χ1n) is 7.09. The van der Waals surface area contributed by atoms with Gasteiger partial charge in [0, 0.05) is 6.54 Å². The van der Waals surface area contributed by atoms with Crippen molar-refractivity contribution in [2.24, 2.45) is 11.8 Å². The van der Waals surface area contributed by atoms with Crippen molar-refractivity contribution in [3.8, 4) is 0 Å². The van der Waals surface area contributed by atoms with Crippen LogP contribution in [0.1, 0.15) is 19.3 Å². The van der Waals surface area contributed by atoms with Crippen LogP contribution < -0.4 is 5.32 Å². The first kappa shape index (κ1) is 13.8. The predicted octanol–water partition coefficient (Wildman–Crippen LogP) is -0.750. The number of carboxylic acids is 1. The van der Waals surface area contributed by atoms with Gasteiger partial charge >= 0.3 is 12.0 Å². The van der Waals surface area contributed by atoms with E-state index in [0.29, 0.717) is 6.54 Å². The van der Waals surface area contributed by atoms with Gasteiger partial charge in [0.2, 0.25) is 5.91 Å². The van der Waals surface area contributed by atoms with E-state index in [9.17, 15) is 24.3 Å². The highest BCUT2D eigenvalue weighted by atomic mass is 16.4. The Bertz CT molecular complexity index is 504. The number of hydrogen-bond donors (Lipinski definition) is 2. The highest BCUT2D eigenvalue weighted by Gasteiger charge is 2.50. The zero-order valence-electron chi connectivity index (χ0n) is 11.4. The van der Waals surface area contributed by atoms with Gasteiger partial charge < -0.3 is 15.3 Å². The molecule has 2 N–H and O–H groups in total. The van der Waals surface area contributed by atoms with Crippen LogP contribution in [-0.2, 0) is 14.4 Å². The summed E-state index contributed by atoms with van der Waals surface area (Å²) in [6.07, 6.45) is 2.74. The second-order valence-electron chi connectivity index (χ2n) is 5.82. The molecule has 8 heteroatoms. The average Bonchev–Trinajstić information content (AvgIpc) is 3.07. The summed E-state index contributed by atoms with van der Waals surface area (Å²) in [5, 5.41) is 11.7. The van der Waals surface area contributed by atoms with Crippen LogP contribution in [0.5, 0.6) is 0 Å². The van der Waals surface area contributed by atoms with Gasteiger partial charge in [-0.1, -0.05) is 6.42 Å². The van der Waals surface area contributed by atoms with E-state index in [1.54, 1.807) is 0 Å². The molecule has 0 bridgehead atoms. The largest absolute Gasteiger partial charge is 0.480 e. The van der Waals surface area contributed by atoms with Crippen LogP contribution in [0.4, 0.5) is 4.79 Å². The van der Waals surface area contributed by atoms with Gasteiger partial charge in [-0.2, -0.15) is 0 Å². The zero-order chi connectivity index (χ0) is 15.1. The minimum absolute atomic E-state index is 0.00504. The monoisotopic (exact) mass is 295 g/mol. The molecule has 1 saturated carbocycles. The van der Waals surface area contributed by atoms with Gasteiger partial charge in [-0.05, 0) is 24.7 Å². The van der Waals surface area contributed by atoms with E-state index in [-0.39, 0.29) is 24.9 Å². The molecule has 3 rings (SSSR count). The SMILES string of the molecule is O=C(O)C1C2CCCC2CN1C(=O)CN1C(=O)CNC1=O. The molecule has 114 valence electrons. The van der Waals surface area contributed by atoms with Gasteiger partial charge in [-0.15, -0.1) is 0 Å². The number of carbonyl (C=O) groups is 4. The molecule has 3 atom stereocenters. The van der Waals surface area contributed by atoms with Crippen LogP contribution in [0, 0.1) is 11.8 Å². The van der Waals surface area contributed by atoms with Crippen LogP contribution >= 0.6 is 0 Å². The van der Waals surface area contributed by atoms with Crippen LogP contribution in [0.25, 0.3) is 0 Å². The number of fused-ring (bicyclic) bond motifs is 1. The fourth-order valence-electron chi connectivity index (χ4n) is 3.72. The molecule has 4 amide bonds. The first-order chi connectivity index (χ1) is 9.99. The van der Waals surface area contributed by atoms with Crippen LogP contribution in [0.2, 0.25) is 0 Å². The third-order valence-electron chi connectivity index (χ3n) is 4.69. The summed E-state index contributed by atoms with van der Waals surface area (Å²) in [6.45, 7) is -0.0856. The molecule has 1 aliphatic carbocycles. The number of urea groups is 1. The standard InChI is InChI=1S/C13H17N3O5/c17-9-4-14-13(21)16(9)6-10(18)15-5-7-2-1-3-8(7)11(15)12(19)20/h7-8,11H,1-6H2,(H,14,21)(H,19,20). The Kier molecular flexibility index (Phi) is 3.30. The van der Waals surface area contributed by atoms with E-state index in [1.807, 2.05) is 0 Å². The molecule has 0 aromatic rings. The van der Waals surface area contributed by atoms with Gasteiger partial charge in [0.25, 0.3) is 5.91 Å². The lowest BCUT2D eigenvalue weighted by Crippen LogP contribution is -2.48. The Hall–Kier alpha value is -2.12. The van der Waals surface area contributed by atoms with Crippen molar-refractivity contribution in [1.29, 1.82) is 0 Å². The van der Waals surface area contributed by atoms with E-state index >= 15 is 0 Å². The number of nitrogens with one attached hydrogen (secondary N) is 1. The van der Waals surface area contributed by atoms with Crippen molar-refractivity contribution in [1.82, 2.24) is 15.1 Å². The molecule has 0 spiro atoms. The van der Waals surface area contributed by atoms with Gasteiger partial charge in [-0.25, -0.2) is 9.59 Å². The molecule has 2 saturated heterocycles. The number of amides is 4. The zero-order valence-corrected chi connectivity index (χ0v) is 11.4. The topological polar surface area (TPSA) is 107 Å². The molecule has 0 radical (unpaired) electrons. The molecule has 21 heavy (non-hydrogen) atoms. The third kappa shape index (κ3) is 2.24.